The molecule has 2 N–H and O–H groups in total. The summed E-state index contributed by atoms with van der Waals surface area (Å²) >= 11 is 1.96. The summed E-state index contributed by atoms with van der Waals surface area (Å²) in [5.41, 5.74) is 8.44. The van der Waals surface area contributed by atoms with Crippen LogP contribution < -0.4 is 5.73 Å². The number of rotatable bonds is 5. The molecule has 0 saturated heterocycles. The summed E-state index contributed by atoms with van der Waals surface area (Å²) in [6, 6.07) is 9.03. The Kier molecular flexibility index (Phi) is 5.05. The summed E-state index contributed by atoms with van der Waals surface area (Å²) in [6.45, 7) is 4.20. The Hall–Kier alpha value is -0.470. The smallest absolute Gasteiger partial charge is 0.0184 e. The average molecular weight is 209 g/mol. The highest BCUT2D eigenvalue weighted by molar-refractivity contribution is 7.98. The van der Waals surface area contributed by atoms with Gasteiger partial charge in [-0.25, -0.2) is 0 Å². The molecule has 0 aliphatic carbocycles. The number of thioether (sulfide) groups is 1. The second kappa shape index (κ2) is 6.10. The summed E-state index contributed by atoms with van der Waals surface area (Å²) < 4.78 is 0. The fourth-order valence-electron chi connectivity index (χ4n) is 1.26. The molecule has 0 bridgehead atoms. The fraction of sp³-hybridized carbons (Fsp3) is 0.500. The molecule has 0 aliphatic rings. The van der Waals surface area contributed by atoms with Crippen LogP contribution in [0.3, 0.4) is 0 Å². The van der Waals surface area contributed by atoms with Crippen molar-refractivity contribution in [2.24, 2.45) is 5.73 Å². The van der Waals surface area contributed by atoms with Crippen LogP contribution in [0.1, 0.15) is 24.5 Å². The van der Waals surface area contributed by atoms with Crippen molar-refractivity contribution in [3.63, 3.8) is 0 Å². The van der Waals surface area contributed by atoms with E-state index in [4.69, 9.17) is 5.73 Å². The van der Waals surface area contributed by atoms with Crippen molar-refractivity contribution in [1.82, 2.24) is 0 Å². The Morgan fingerprint density at radius 1 is 1.43 bits per heavy atom. The van der Waals surface area contributed by atoms with Gasteiger partial charge in [-0.1, -0.05) is 29.8 Å². The second-order valence-corrected chi connectivity index (χ2v) is 4.91. The van der Waals surface area contributed by atoms with Crippen molar-refractivity contribution >= 4 is 11.8 Å². The highest BCUT2D eigenvalue weighted by Crippen LogP contribution is 2.14. The Morgan fingerprint density at radius 2 is 2.21 bits per heavy atom. The highest BCUT2D eigenvalue weighted by Gasteiger charge is 1.96. The third-order valence-electron chi connectivity index (χ3n) is 2.07. The van der Waals surface area contributed by atoms with Gasteiger partial charge in [0, 0.05) is 11.8 Å². The van der Waals surface area contributed by atoms with Crippen LogP contribution in [0, 0.1) is 6.92 Å². The van der Waals surface area contributed by atoms with Crippen molar-refractivity contribution in [3.05, 3.63) is 35.4 Å². The van der Waals surface area contributed by atoms with Crippen LogP contribution in [-0.4, -0.2) is 11.8 Å². The van der Waals surface area contributed by atoms with E-state index < -0.39 is 0 Å². The number of benzene rings is 1. The van der Waals surface area contributed by atoms with E-state index in [9.17, 15) is 0 Å². The maximum atomic E-state index is 5.68. The molecule has 0 fully saturated rings. The summed E-state index contributed by atoms with van der Waals surface area (Å²) in [7, 11) is 0. The second-order valence-electron chi connectivity index (χ2n) is 3.81. The molecule has 0 saturated carbocycles. The first kappa shape index (κ1) is 11.6. The van der Waals surface area contributed by atoms with Crippen LogP contribution >= 0.6 is 11.8 Å². The lowest BCUT2D eigenvalue weighted by molar-refractivity contribution is 0.721. The number of aryl methyl sites for hydroxylation is 1. The van der Waals surface area contributed by atoms with Crippen molar-refractivity contribution in [3.8, 4) is 0 Å². The minimum absolute atomic E-state index is 0.333. The zero-order valence-electron chi connectivity index (χ0n) is 8.99. The van der Waals surface area contributed by atoms with Gasteiger partial charge in [-0.3, -0.25) is 0 Å². The van der Waals surface area contributed by atoms with Gasteiger partial charge in [-0.15, -0.1) is 0 Å². The number of nitrogens with two attached hydrogens (primary N) is 1. The molecule has 0 spiro atoms. The minimum atomic E-state index is 0.333. The first-order valence-electron chi connectivity index (χ1n) is 5.07. The van der Waals surface area contributed by atoms with Crippen LogP contribution in [0.15, 0.2) is 24.3 Å². The van der Waals surface area contributed by atoms with Gasteiger partial charge in [0.25, 0.3) is 0 Å². The lowest BCUT2D eigenvalue weighted by atomic mass is 10.2. The molecule has 0 heterocycles. The minimum Gasteiger partial charge on any atom is -0.328 e. The van der Waals surface area contributed by atoms with Gasteiger partial charge in [0.2, 0.25) is 0 Å². The van der Waals surface area contributed by atoms with Crippen molar-refractivity contribution < 1.29 is 0 Å². The third-order valence-corrected chi connectivity index (χ3v) is 3.13. The maximum Gasteiger partial charge on any atom is 0.0184 e. The van der Waals surface area contributed by atoms with Crippen molar-refractivity contribution in [2.45, 2.75) is 32.1 Å². The molecule has 1 aromatic carbocycles. The predicted octanol–water partition coefficient (Wildman–Crippen LogP) is 2.97. The molecule has 1 nitrogen and oxygen atoms in total. The summed E-state index contributed by atoms with van der Waals surface area (Å²) in [4.78, 5) is 0. The standard InChI is InChI=1S/C12H19NS/c1-10-4-3-5-12(8-10)9-14-7-6-11(2)13/h3-5,8,11H,6-7,9,13H2,1-2H3. The van der Waals surface area contributed by atoms with E-state index in [1.54, 1.807) is 0 Å². The monoisotopic (exact) mass is 209 g/mol. The third kappa shape index (κ3) is 4.68. The zero-order valence-corrected chi connectivity index (χ0v) is 9.81. The molecule has 78 valence electrons. The van der Waals surface area contributed by atoms with Gasteiger partial charge >= 0.3 is 0 Å². The van der Waals surface area contributed by atoms with E-state index in [1.165, 1.54) is 11.1 Å². The molecule has 0 aromatic heterocycles. The van der Waals surface area contributed by atoms with E-state index in [-0.39, 0.29) is 0 Å². The van der Waals surface area contributed by atoms with Gasteiger partial charge in [0.1, 0.15) is 0 Å². The van der Waals surface area contributed by atoms with Crippen LogP contribution in [0.2, 0.25) is 0 Å². The highest BCUT2D eigenvalue weighted by atomic mass is 32.2. The maximum absolute atomic E-state index is 5.68. The molecular weight excluding hydrogens is 190 g/mol. The normalized spacial score (nSPS) is 12.8. The Labute approximate surface area is 91.1 Å². The van der Waals surface area contributed by atoms with Gasteiger partial charge < -0.3 is 5.73 Å². The quantitative estimate of drug-likeness (QED) is 0.755. The van der Waals surface area contributed by atoms with E-state index in [2.05, 4.69) is 38.1 Å². The number of hydrogen-bond acceptors (Lipinski definition) is 2. The summed E-state index contributed by atoms with van der Waals surface area (Å²) in [5.74, 6) is 2.26. The summed E-state index contributed by atoms with van der Waals surface area (Å²) in [6.07, 6.45) is 1.11. The Morgan fingerprint density at radius 3 is 2.86 bits per heavy atom. The number of hydrogen-bond donors (Lipinski definition) is 1. The molecule has 1 atom stereocenters. The predicted molar refractivity (Wildman–Crippen MR) is 65.6 cm³/mol. The molecule has 2 heteroatoms. The van der Waals surface area contributed by atoms with Crippen LogP contribution in [0.4, 0.5) is 0 Å². The SMILES string of the molecule is Cc1cccc(CSCCC(C)N)c1. The summed E-state index contributed by atoms with van der Waals surface area (Å²) in [5, 5.41) is 0. The molecule has 14 heavy (non-hydrogen) atoms. The molecule has 1 unspecified atom stereocenters. The Balaban J connectivity index is 2.25. The van der Waals surface area contributed by atoms with E-state index in [1.807, 2.05) is 11.8 Å². The topological polar surface area (TPSA) is 26.0 Å². The molecule has 1 aromatic rings. The van der Waals surface area contributed by atoms with Crippen LogP contribution in [0.25, 0.3) is 0 Å². The van der Waals surface area contributed by atoms with E-state index in [0.29, 0.717) is 6.04 Å². The lowest BCUT2D eigenvalue weighted by Crippen LogP contribution is -2.15. The van der Waals surface area contributed by atoms with Gasteiger partial charge in [0.15, 0.2) is 0 Å². The molecular formula is C12H19NS. The van der Waals surface area contributed by atoms with Gasteiger partial charge in [0.05, 0.1) is 0 Å². The van der Waals surface area contributed by atoms with Gasteiger partial charge in [-0.2, -0.15) is 11.8 Å². The largest absolute Gasteiger partial charge is 0.328 e. The molecule has 0 amide bonds. The van der Waals surface area contributed by atoms with Crippen LogP contribution in [0.5, 0.6) is 0 Å². The molecule has 0 aliphatic heterocycles. The van der Waals surface area contributed by atoms with E-state index >= 15 is 0 Å². The fourth-order valence-corrected chi connectivity index (χ4v) is 2.36. The molecule has 1 rings (SSSR count). The first-order chi connectivity index (χ1) is 6.68. The average Bonchev–Trinajstić information content (AvgIpc) is 2.12. The van der Waals surface area contributed by atoms with Gasteiger partial charge in [-0.05, 0) is 31.6 Å². The first-order valence-corrected chi connectivity index (χ1v) is 6.23. The van der Waals surface area contributed by atoms with Crippen molar-refractivity contribution in [1.29, 1.82) is 0 Å². The van der Waals surface area contributed by atoms with Crippen molar-refractivity contribution in [2.75, 3.05) is 5.75 Å². The van der Waals surface area contributed by atoms with E-state index in [0.717, 1.165) is 17.9 Å². The Bertz CT molecular complexity index is 271. The lowest BCUT2D eigenvalue weighted by Gasteiger charge is -2.05. The molecule has 0 radical (unpaired) electrons. The van der Waals surface area contributed by atoms with Crippen LogP contribution in [-0.2, 0) is 5.75 Å². The zero-order chi connectivity index (χ0) is 10.4.